The van der Waals surface area contributed by atoms with Crippen molar-refractivity contribution in [2.45, 2.75) is 6.42 Å². The molecule has 1 N–H and O–H groups in total. The first-order valence-electron chi connectivity index (χ1n) is 4.78. The van der Waals surface area contributed by atoms with E-state index in [9.17, 15) is 4.79 Å². The average Bonchev–Trinajstić information content (AvgIpc) is 2.96. The molecule has 0 aliphatic heterocycles. The van der Waals surface area contributed by atoms with Gasteiger partial charge in [-0.15, -0.1) is 0 Å². The van der Waals surface area contributed by atoms with Gasteiger partial charge in [0.1, 0.15) is 5.75 Å². The number of rotatable bonds is 4. The van der Waals surface area contributed by atoms with Gasteiger partial charge in [0, 0.05) is 10.9 Å². The smallest absolute Gasteiger partial charge is 0.306 e. The van der Waals surface area contributed by atoms with Gasteiger partial charge in [-0.1, -0.05) is 11.6 Å². The van der Waals surface area contributed by atoms with Crippen LogP contribution in [0.2, 0.25) is 5.02 Å². The first-order chi connectivity index (χ1) is 7.16. The van der Waals surface area contributed by atoms with Gasteiger partial charge >= 0.3 is 5.97 Å². The Kier molecular flexibility index (Phi) is 2.82. The molecule has 1 fully saturated rings. The number of aliphatic carboxylic acids is 1. The van der Waals surface area contributed by atoms with E-state index in [2.05, 4.69) is 0 Å². The lowest BCUT2D eigenvalue weighted by Gasteiger charge is -2.04. The highest BCUT2D eigenvalue weighted by Gasteiger charge is 2.43. The number of hydrogen-bond acceptors (Lipinski definition) is 2. The van der Waals surface area contributed by atoms with E-state index in [0.717, 1.165) is 12.2 Å². The second-order valence-electron chi connectivity index (χ2n) is 3.71. The molecule has 1 aliphatic carbocycles. The Balaban J connectivity index is 1.80. The summed E-state index contributed by atoms with van der Waals surface area (Å²) in [5, 5.41) is 9.35. The summed E-state index contributed by atoms with van der Waals surface area (Å²) < 4.78 is 5.44. The van der Waals surface area contributed by atoms with Gasteiger partial charge in [0.25, 0.3) is 0 Å². The first kappa shape index (κ1) is 10.3. The molecule has 0 unspecified atom stereocenters. The van der Waals surface area contributed by atoms with Crippen molar-refractivity contribution in [2.24, 2.45) is 11.8 Å². The zero-order valence-electron chi connectivity index (χ0n) is 8.02. The second-order valence-corrected chi connectivity index (χ2v) is 4.14. The minimum atomic E-state index is -0.722. The molecule has 4 heteroatoms. The monoisotopic (exact) mass is 226 g/mol. The van der Waals surface area contributed by atoms with E-state index in [4.69, 9.17) is 21.4 Å². The summed E-state index contributed by atoms with van der Waals surface area (Å²) in [5.74, 6) is -0.0365. The Morgan fingerprint density at radius 3 is 2.67 bits per heavy atom. The van der Waals surface area contributed by atoms with Crippen molar-refractivity contribution in [1.29, 1.82) is 0 Å². The van der Waals surface area contributed by atoms with Crippen LogP contribution in [0, 0.1) is 11.8 Å². The fourth-order valence-corrected chi connectivity index (χ4v) is 1.59. The van der Waals surface area contributed by atoms with Gasteiger partial charge in [-0.25, -0.2) is 0 Å². The Morgan fingerprint density at radius 2 is 2.13 bits per heavy atom. The molecule has 0 saturated heterocycles. The van der Waals surface area contributed by atoms with Crippen LogP contribution in [0.4, 0.5) is 0 Å². The molecule has 0 spiro atoms. The number of carboxylic acids is 1. The van der Waals surface area contributed by atoms with Crippen LogP contribution in [0.25, 0.3) is 0 Å². The molecule has 0 bridgehead atoms. The molecule has 15 heavy (non-hydrogen) atoms. The third-order valence-corrected chi connectivity index (χ3v) is 2.77. The van der Waals surface area contributed by atoms with Crippen molar-refractivity contribution in [3.63, 3.8) is 0 Å². The predicted molar refractivity (Wildman–Crippen MR) is 56.2 cm³/mol. The van der Waals surface area contributed by atoms with Crippen LogP contribution in [-0.4, -0.2) is 17.7 Å². The molecule has 1 aromatic rings. The summed E-state index contributed by atoms with van der Waals surface area (Å²) in [6, 6.07) is 7.05. The quantitative estimate of drug-likeness (QED) is 0.858. The lowest BCUT2D eigenvalue weighted by Crippen LogP contribution is -2.06. The largest absolute Gasteiger partial charge is 0.493 e. The zero-order valence-corrected chi connectivity index (χ0v) is 8.78. The van der Waals surface area contributed by atoms with E-state index in [-0.39, 0.29) is 11.8 Å². The van der Waals surface area contributed by atoms with Crippen LogP contribution in [0.15, 0.2) is 24.3 Å². The molecule has 0 radical (unpaired) electrons. The average molecular weight is 227 g/mol. The Labute approximate surface area is 92.6 Å². The fraction of sp³-hybridized carbons (Fsp3) is 0.364. The molecular weight excluding hydrogens is 216 g/mol. The predicted octanol–water partition coefficient (Wildman–Crippen LogP) is 2.44. The van der Waals surface area contributed by atoms with Crippen molar-refractivity contribution in [3.05, 3.63) is 29.3 Å². The highest BCUT2D eigenvalue weighted by atomic mass is 35.5. The summed E-state index contributed by atoms with van der Waals surface area (Å²) in [7, 11) is 0. The van der Waals surface area contributed by atoms with Gasteiger partial charge in [0.2, 0.25) is 0 Å². The summed E-state index contributed by atoms with van der Waals surface area (Å²) in [5.41, 5.74) is 0. The van der Waals surface area contributed by atoms with E-state index >= 15 is 0 Å². The van der Waals surface area contributed by atoms with Gasteiger partial charge in [0.05, 0.1) is 12.5 Å². The molecule has 2 rings (SSSR count). The number of carbonyl (C=O) groups is 1. The van der Waals surface area contributed by atoms with Crippen LogP contribution in [0.3, 0.4) is 0 Å². The normalized spacial score (nSPS) is 23.5. The molecule has 3 nitrogen and oxygen atoms in total. The zero-order chi connectivity index (χ0) is 10.8. The summed E-state index contributed by atoms with van der Waals surface area (Å²) >= 11 is 5.72. The van der Waals surface area contributed by atoms with Gasteiger partial charge < -0.3 is 9.84 Å². The molecule has 1 saturated carbocycles. The maximum absolute atomic E-state index is 10.6. The maximum atomic E-state index is 10.6. The lowest BCUT2D eigenvalue weighted by molar-refractivity contribution is -0.138. The summed E-state index contributed by atoms with van der Waals surface area (Å²) in [6.45, 7) is 0.471. The Hall–Kier alpha value is -1.22. The molecular formula is C11H11ClO3. The SMILES string of the molecule is O=C(O)[C@@H]1C[C@H]1COc1ccc(Cl)cc1. The van der Waals surface area contributed by atoms with Crippen LogP contribution in [0.5, 0.6) is 5.75 Å². The summed E-state index contributed by atoms with van der Waals surface area (Å²) in [4.78, 5) is 10.6. The number of ether oxygens (including phenoxy) is 1. The van der Waals surface area contributed by atoms with Gasteiger partial charge in [-0.05, 0) is 30.7 Å². The first-order valence-corrected chi connectivity index (χ1v) is 5.16. The van der Waals surface area contributed by atoms with E-state index in [1.54, 1.807) is 24.3 Å². The van der Waals surface area contributed by atoms with E-state index in [1.807, 2.05) is 0 Å². The van der Waals surface area contributed by atoms with E-state index in [1.165, 1.54) is 0 Å². The van der Waals surface area contributed by atoms with Gasteiger partial charge in [-0.3, -0.25) is 4.79 Å². The van der Waals surface area contributed by atoms with Crippen molar-refractivity contribution in [1.82, 2.24) is 0 Å². The van der Waals surface area contributed by atoms with E-state index in [0.29, 0.717) is 11.6 Å². The highest BCUT2D eigenvalue weighted by Crippen LogP contribution is 2.38. The van der Waals surface area contributed by atoms with Crippen molar-refractivity contribution >= 4 is 17.6 Å². The van der Waals surface area contributed by atoms with Crippen LogP contribution in [0.1, 0.15) is 6.42 Å². The molecule has 0 amide bonds. The fourth-order valence-electron chi connectivity index (χ4n) is 1.47. The number of benzene rings is 1. The molecule has 0 aromatic heterocycles. The number of hydrogen-bond donors (Lipinski definition) is 1. The maximum Gasteiger partial charge on any atom is 0.306 e. The molecule has 1 aromatic carbocycles. The highest BCUT2D eigenvalue weighted by molar-refractivity contribution is 6.30. The molecule has 80 valence electrons. The molecule has 0 heterocycles. The van der Waals surface area contributed by atoms with Crippen LogP contribution >= 0.6 is 11.6 Å². The third-order valence-electron chi connectivity index (χ3n) is 2.52. The van der Waals surface area contributed by atoms with Gasteiger partial charge in [-0.2, -0.15) is 0 Å². The van der Waals surface area contributed by atoms with Crippen LogP contribution in [-0.2, 0) is 4.79 Å². The standard InChI is InChI=1S/C11H11ClO3/c12-8-1-3-9(4-2-8)15-6-7-5-10(7)11(13)14/h1-4,7,10H,5-6H2,(H,13,14)/t7-,10+/m0/s1. The van der Waals surface area contributed by atoms with E-state index < -0.39 is 5.97 Å². The second kappa shape index (κ2) is 4.11. The number of halogens is 1. The minimum absolute atomic E-state index is 0.165. The van der Waals surface area contributed by atoms with Crippen LogP contribution < -0.4 is 4.74 Å². The topological polar surface area (TPSA) is 46.5 Å². The lowest BCUT2D eigenvalue weighted by atomic mass is 10.3. The Morgan fingerprint density at radius 1 is 1.47 bits per heavy atom. The summed E-state index contributed by atoms with van der Waals surface area (Å²) in [6.07, 6.45) is 0.725. The Bertz CT molecular complexity index is 361. The third kappa shape index (κ3) is 2.63. The number of carboxylic acid groups (broad SMARTS) is 1. The van der Waals surface area contributed by atoms with Crippen molar-refractivity contribution < 1.29 is 14.6 Å². The van der Waals surface area contributed by atoms with Crippen molar-refractivity contribution in [2.75, 3.05) is 6.61 Å². The molecule has 2 atom stereocenters. The van der Waals surface area contributed by atoms with Gasteiger partial charge in [0.15, 0.2) is 0 Å². The molecule has 1 aliphatic rings. The van der Waals surface area contributed by atoms with Crippen molar-refractivity contribution in [3.8, 4) is 5.75 Å². The minimum Gasteiger partial charge on any atom is -0.493 e.